The van der Waals surface area contributed by atoms with Crippen molar-refractivity contribution in [2.45, 2.75) is 0 Å². The maximum absolute atomic E-state index is 5.91. The molecule has 0 amide bonds. The topological polar surface area (TPSA) is 36.4 Å². The van der Waals surface area contributed by atoms with Gasteiger partial charge in [0.05, 0.1) is 6.20 Å². The van der Waals surface area contributed by atoms with Gasteiger partial charge in [0.2, 0.25) is 0 Å². The molecule has 0 bridgehead atoms. The van der Waals surface area contributed by atoms with Crippen LogP contribution in [0.5, 0.6) is 0 Å². The second-order valence-corrected chi connectivity index (χ2v) is 6.78. The molecule has 124 valence electrons. The number of hydrogen-bond donors (Lipinski definition) is 2. The van der Waals surface area contributed by atoms with E-state index in [0.717, 1.165) is 11.3 Å². The van der Waals surface area contributed by atoms with Crippen molar-refractivity contribution in [1.29, 1.82) is 0 Å². The van der Waals surface area contributed by atoms with Crippen molar-refractivity contribution in [2.24, 2.45) is 4.99 Å². The number of thiocarbonyl (C=S) groups is 1. The first-order valence-corrected chi connectivity index (χ1v) is 8.54. The van der Waals surface area contributed by atoms with Crippen molar-refractivity contribution >= 4 is 75.3 Å². The van der Waals surface area contributed by atoms with E-state index in [4.69, 9.17) is 58.6 Å². The standard InChI is InChI=1S/C16H11Cl4N3S/c17-11-3-1-10(2-4-11)15(21-9-14(19)20)23-16(24)22-13-7-5-12(18)6-8-13/h1-9H,(H2,21,22,23,24). The highest BCUT2D eigenvalue weighted by Gasteiger charge is 2.06. The van der Waals surface area contributed by atoms with Crippen LogP contribution in [0.2, 0.25) is 10.0 Å². The van der Waals surface area contributed by atoms with Crippen LogP contribution in [0.1, 0.15) is 5.56 Å². The summed E-state index contributed by atoms with van der Waals surface area (Å²) in [6.45, 7) is 0. The van der Waals surface area contributed by atoms with Crippen LogP contribution >= 0.6 is 58.6 Å². The summed E-state index contributed by atoms with van der Waals surface area (Å²) in [5.41, 5.74) is 1.56. The Balaban J connectivity index is 2.17. The van der Waals surface area contributed by atoms with Gasteiger partial charge in [-0.25, -0.2) is 4.99 Å². The number of halogens is 4. The highest BCUT2D eigenvalue weighted by Crippen LogP contribution is 2.14. The minimum absolute atomic E-state index is 0.0276. The number of rotatable bonds is 3. The molecule has 8 heteroatoms. The Hall–Kier alpha value is -1.30. The summed E-state index contributed by atoms with van der Waals surface area (Å²) in [5, 5.41) is 7.65. The molecule has 0 spiro atoms. The van der Waals surface area contributed by atoms with Crippen LogP contribution in [0.3, 0.4) is 0 Å². The average Bonchev–Trinajstić information content (AvgIpc) is 2.54. The Kier molecular flexibility index (Phi) is 7.34. The molecule has 0 unspecified atom stereocenters. The first-order valence-electron chi connectivity index (χ1n) is 6.62. The maximum Gasteiger partial charge on any atom is 0.176 e. The smallest absolute Gasteiger partial charge is 0.176 e. The van der Waals surface area contributed by atoms with Gasteiger partial charge >= 0.3 is 0 Å². The zero-order chi connectivity index (χ0) is 17.5. The van der Waals surface area contributed by atoms with Crippen molar-refractivity contribution < 1.29 is 0 Å². The molecule has 0 fully saturated rings. The van der Waals surface area contributed by atoms with Crippen molar-refractivity contribution in [3.05, 3.63) is 74.8 Å². The lowest BCUT2D eigenvalue weighted by atomic mass is 10.2. The highest BCUT2D eigenvalue weighted by molar-refractivity contribution is 7.80. The molecule has 0 aliphatic rings. The van der Waals surface area contributed by atoms with Gasteiger partial charge in [-0.15, -0.1) is 0 Å². The number of nitrogens with one attached hydrogen (secondary N) is 2. The van der Waals surface area contributed by atoms with Crippen LogP contribution < -0.4 is 10.6 Å². The van der Waals surface area contributed by atoms with Crippen LogP contribution in [0.25, 0.3) is 0 Å². The van der Waals surface area contributed by atoms with Crippen molar-refractivity contribution in [1.82, 2.24) is 5.32 Å². The van der Waals surface area contributed by atoms with Gasteiger partial charge in [-0.05, 0) is 60.7 Å². The molecule has 0 atom stereocenters. The molecule has 2 N–H and O–H groups in total. The molecule has 0 radical (unpaired) electrons. The number of benzene rings is 2. The third-order valence-electron chi connectivity index (χ3n) is 2.74. The largest absolute Gasteiger partial charge is 0.332 e. The lowest BCUT2D eigenvalue weighted by molar-refractivity contribution is 1.32. The molecule has 0 saturated heterocycles. The Labute approximate surface area is 165 Å². The zero-order valence-corrected chi connectivity index (χ0v) is 15.9. The molecule has 2 rings (SSSR count). The van der Waals surface area contributed by atoms with E-state index in [-0.39, 0.29) is 4.49 Å². The van der Waals surface area contributed by atoms with Crippen LogP contribution in [0.4, 0.5) is 5.69 Å². The van der Waals surface area contributed by atoms with Gasteiger partial charge in [0, 0.05) is 21.3 Å². The second-order valence-electron chi connectivity index (χ2n) is 4.49. The molecule has 0 saturated carbocycles. The summed E-state index contributed by atoms with van der Waals surface area (Å²) >= 11 is 28.3. The molecule has 2 aromatic rings. The summed E-state index contributed by atoms with van der Waals surface area (Å²) in [7, 11) is 0. The predicted octanol–water partition coefficient (Wildman–Crippen LogP) is 6.00. The van der Waals surface area contributed by atoms with Crippen molar-refractivity contribution in [2.75, 3.05) is 5.32 Å². The van der Waals surface area contributed by atoms with E-state index in [1.807, 2.05) is 12.1 Å². The Morgan fingerprint density at radius 3 is 2.00 bits per heavy atom. The third kappa shape index (κ3) is 6.30. The molecule has 0 aliphatic carbocycles. The van der Waals surface area contributed by atoms with Gasteiger partial charge in [-0.3, -0.25) is 0 Å². The molecule has 2 aromatic carbocycles. The minimum Gasteiger partial charge on any atom is -0.332 e. The van der Waals surface area contributed by atoms with E-state index < -0.39 is 0 Å². The molecular weight excluding hydrogens is 408 g/mol. The fraction of sp³-hybridized carbons (Fsp3) is 0. The molecule has 3 nitrogen and oxygen atoms in total. The van der Waals surface area contributed by atoms with E-state index in [2.05, 4.69) is 15.6 Å². The van der Waals surface area contributed by atoms with E-state index >= 15 is 0 Å². The van der Waals surface area contributed by atoms with Gasteiger partial charge in [0.1, 0.15) is 10.3 Å². The van der Waals surface area contributed by atoms with E-state index in [1.54, 1.807) is 36.4 Å². The van der Waals surface area contributed by atoms with E-state index in [1.165, 1.54) is 6.20 Å². The van der Waals surface area contributed by atoms with Gasteiger partial charge in [-0.2, -0.15) is 0 Å². The van der Waals surface area contributed by atoms with Crippen LogP contribution in [0, 0.1) is 0 Å². The number of amidine groups is 1. The summed E-state index contributed by atoms with van der Waals surface area (Å²) in [5.74, 6) is 0.469. The summed E-state index contributed by atoms with van der Waals surface area (Å²) in [6.07, 6.45) is 1.31. The van der Waals surface area contributed by atoms with Gasteiger partial charge in [0.25, 0.3) is 0 Å². The van der Waals surface area contributed by atoms with Gasteiger partial charge in [-0.1, -0.05) is 46.4 Å². The number of hydrogen-bond acceptors (Lipinski definition) is 2. The van der Waals surface area contributed by atoms with Gasteiger partial charge in [0.15, 0.2) is 5.11 Å². The molecule has 0 aliphatic heterocycles. The Morgan fingerprint density at radius 1 is 0.917 bits per heavy atom. The Morgan fingerprint density at radius 2 is 1.46 bits per heavy atom. The molecular formula is C16H11Cl4N3S. The Bertz CT molecular complexity index is 767. The normalized spacial score (nSPS) is 10.9. The molecule has 24 heavy (non-hydrogen) atoms. The van der Waals surface area contributed by atoms with Crippen LogP contribution in [0.15, 0.2) is 64.2 Å². The number of aliphatic imine (C=N–C) groups is 1. The zero-order valence-electron chi connectivity index (χ0n) is 12.1. The monoisotopic (exact) mass is 417 g/mol. The van der Waals surface area contributed by atoms with E-state index in [9.17, 15) is 0 Å². The van der Waals surface area contributed by atoms with Crippen molar-refractivity contribution in [3.63, 3.8) is 0 Å². The van der Waals surface area contributed by atoms with Crippen LogP contribution in [-0.2, 0) is 0 Å². The highest BCUT2D eigenvalue weighted by atomic mass is 35.5. The van der Waals surface area contributed by atoms with Crippen LogP contribution in [-0.4, -0.2) is 10.9 Å². The molecule has 0 aromatic heterocycles. The molecule has 0 heterocycles. The predicted molar refractivity (Wildman–Crippen MR) is 109 cm³/mol. The number of anilines is 1. The second kappa shape index (κ2) is 9.25. The number of nitrogens with zero attached hydrogens (tertiary/aromatic N) is 1. The summed E-state index contributed by atoms with van der Waals surface area (Å²) < 4.78 is 0.0276. The first kappa shape index (κ1) is 19.0. The third-order valence-corrected chi connectivity index (χ3v) is 3.65. The first-order chi connectivity index (χ1) is 11.4. The lowest BCUT2D eigenvalue weighted by Crippen LogP contribution is -2.34. The minimum atomic E-state index is 0.0276. The quantitative estimate of drug-likeness (QED) is 0.364. The maximum atomic E-state index is 5.91. The lowest BCUT2D eigenvalue weighted by Gasteiger charge is -2.12. The summed E-state index contributed by atoms with van der Waals surface area (Å²) in [4.78, 5) is 4.21. The van der Waals surface area contributed by atoms with Gasteiger partial charge < -0.3 is 10.6 Å². The van der Waals surface area contributed by atoms with E-state index in [0.29, 0.717) is 21.0 Å². The fourth-order valence-electron chi connectivity index (χ4n) is 1.70. The van der Waals surface area contributed by atoms with Crippen molar-refractivity contribution in [3.8, 4) is 0 Å². The summed E-state index contributed by atoms with van der Waals surface area (Å²) in [6, 6.07) is 14.2. The average molecular weight is 419 g/mol. The SMILES string of the molecule is S=C(NC(=NC=C(Cl)Cl)c1ccc(Cl)cc1)Nc1ccc(Cl)cc1. The fourth-order valence-corrected chi connectivity index (χ4v) is 2.27.